The number of rotatable bonds is 6. The van der Waals surface area contributed by atoms with Crippen LogP contribution in [0, 0.1) is 27.2 Å². The number of carbonyl (C=O) groups excluding carboxylic acids is 2. The van der Waals surface area contributed by atoms with Crippen molar-refractivity contribution < 1.29 is 28.3 Å². The Kier molecular flexibility index (Phi) is 4.72. The van der Waals surface area contributed by atoms with Gasteiger partial charge in [0.05, 0.1) is 0 Å². The third kappa shape index (κ3) is 4.00. The summed E-state index contributed by atoms with van der Waals surface area (Å²) in [6.07, 6.45) is 0.605. The first kappa shape index (κ1) is 18.2. The summed E-state index contributed by atoms with van der Waals surface area (Å²) in [4.78, 5) is 39.2. The fraction of sp³-hybridized carbons (Fsp3) is 0.176. The van der Waals surface area contributed by atoms with Crippen molar-refractivity contribution in [1.29, 1.82) is 0 Å². The molecule has 0 atom stereocenters. The van der Waals surface area contributed by atoms with E-state index in [1.165, 1.54) is 30.3 Å². The van der Waals surface area contributed by atoms with Crippen LogP contribution in [0.1, 0.15) is 12.8 Å². The van der Waals surface area contributed by atoms with Gasteiger partial charge in [0.15, 0.2) is 11.6 Å². The van der Waals surface area contributed by atoms with Crippen molar-refractivity contribution in [2.45, 2.75) is 12.8 Å². The molecule has 3 rings (SSSR count). The molecule has 0 unspecified atom stereocenters. The summed E-state index contributed by atoms with van der Waals surface area (Å²) in [5.41, 5.74) is -0.942. The van der Waals surface area contributed by atoms with Gasteiger partial charge < -0.3 is 10.6 Å². The molecule has 0 spiro atoms. The van der Waals surface area contributed by atoms with Crippen molar-refractivity contribution in [2.75, 3.05) is 10.6 Å². The molecule has 1 fully saturated rings. The maximum Gasteiger partial charge on any atom is 0.299 e. The molecule has 0 saturated heterocycles. The van der Waals surface area contributed by atoms with Crippen molar-refractivity contribution in [1.82, 2.24) is 0 Å². The number of hydrogen-bond donors (Lipinski definition) is 2. The number of carbonyl (C=O) groups is 2. The molecule has 8 nitrogen and oxygen atoms in total. The summed E-state index contributed by atoms with van der Waals surface area (Å²) in [7, 11) is 0. The second kappa shape index (κ2) is 6.98. The molecule has 1 saturated carbocycles. The lowest BCUT2D eigenvalue weighted by Crippen LogP contribution is -2.35. The Hall–Kier alpha value is -3.56. The zero-order chi connectivity index (χ0) is 19.6. The number of hydrogen-bond acceptors (Lipinski definition) is 5. The second-order valence-corrected chi connectivity index (χ2v) is 5.96. The molecule has 27 heavy (non-hydrogen) atoms. The molecule has 2 aromatic carbocycles. The van der Waals surface area contributed by atoms with Crippen LogP contribution < -0.4 is 15.5 Å². The van der Waals surface area contributed by atoms with Gasteiger partial charge in [0, 0.05) is 11.4 Å². The van der Waals surface area contributed by atoms with E-state index in [0.717, 1.165) is 12.1 Å². The van der Waals surface area contributed by atoms with Gasteiger partial charge in [-0.1, -0.05) is 0 Å². The minimum Gasteiger partial charge on any atom is -0.325 e. The summed E-state index contributed by atoms with van der Waals surface area (Å²) >= 11 is 0. The number of benzene rings is 2. The van der Waals surface area contributed by atoms with E-state index in [9.17, 15) is 28.5 Å². The van der Waals surface area contributed by atoms with E-state index >= 15 is 0 Å². The summed E-state index contributed by atoms with van der Waals surface area (Å²) in [5.74, 6) is -3.29. The lowest BCUT2D eigenvalue weighted by molar-refractivity contribution is -0.711. The van der Waals surface area contributed by atoms with Crippen LogP contribution in [-0.4, -0.2) is 16.9 Å². The van der Waals surface area contributed by atoms with E-state index in [1.807, 2.05) is 0 Å². The molecule has 0 radical (unpaired) electrons. The third-order valence-corrected chi connectivity index (χ3v) is 4.08. The maximum atomic E-state index is 13.8. The Balaban J connectivity index is 1.68. The van der Waals surface area contributed by atoms with Crippen LogP contribution >= 0.6 is 0 Å². The smallest absolute Gasteiger partial charge is 0.299 e. The van der Waals surface area contributed by atoms with Crippen molar-refractivity contribution in [3.05, 3.63) is 64.2 Å². The van der Waals surface area contributed by atoms with Crippen molar-refractivity contribution in [3.8, 4) is 5.75 Å². The molecule has 10 heteroatoms. The van der Waals surface area contributed by atoms with Crippen LogP contribution in [0.25, 0.3) is 0 Å². The Morgan fingerprint density at radius 2 is 1.56 bits per heavy atom. The predicted molar refractivity (Wildman–Crippen MR) is 89.3 cm³/mol. The Morgan fingerprint density at radius 3 is 2.07 bits per heavy atom. The topological polar surface area (TPSA) is 111 Å². The summed E-state index contributed by atoms with van der Waals surface area (Å²) in [6.45, 7) is 0. The molecule has 1 aliphatic rings. The highest BCUT2D eigenvalue weighted by atomic mass is 19.1. The fourth-order valence-corrected chi connectivity index (χ4v) is 2.45. The lowest BCUT2D eigenvalue weighted by atomic mass is 10.0. The molecule has 1 aliphatic carbocycles. The lowest BCUT2D eigenvalue weighted by Gasteiger charge is -2.16. The number of nitrogens with one attached hydrogen (secondary N) is 2. The molecule has 0 heterocycles. The third-order valence-electron chi connectivity index (χ3n) is 4.08. The van der Waals surface area contributed by atoms with E-state index in [1.54, 1.807) is 0 Å². The predicted octanol–water partition coefficient (Wildman–Crippen LogP) is 2.89. The zero-order valence-corrected chi connectivity index (χ0v) is 13.7. The number of nitrogens with zero attached hydrogens (tertiary/aromatic N) is 1. The number of amides is 2. The van der Waals surface area contributed by atoms with Crippen molar-refractivity contribution in [3.63, 3.8) is 0 Å². The molecule has 140 valence electrons. The average Bonchev–Trinajstić information content (AvgIpc) is 3.41. The molecule has 0 aliphatic heterocycles. The highest BCUT2D eigenvalue weighted by Crippen LogP contribution is 2.47. The monoisotopic (exact) mass is 377 g/mol. The van der Waals surface area contributed by atoms with E-state index in [-0.39, 0.29) is 5.69 Å². The van der Waals surface area contributed by atoms with Gasteiger partial charge in [-0.2, -0.15) is 0 Å². The first-order chi connectivity index (χ1) is 12.8. The molecular weight excluding hydrogens is 364 g/mol. The van der Waals surface area contributed by atoms with Gasteiger partial charge in [-0.3, -0.25) is 14.4 Å². The molecule has 2 N–H and O–H groups in total. The van der Waals surface area contributed by atoms with Crippen LogP contribution in [-0.2, 0) is 9.59 Å². The summed E-state index contributed by atoms with van der Waals surface area (Å²) in [5, 5.41) is 14.1. The first-order valence-corrected chi connectivity index (χ1v) is 7.80. The standard InChI is InChI=1S/C17H13F2N3O5/c18-10-1-3-11(4-2-10)20-15(23)17(7-8-17)16(24)21-12-5-6-14(13(19)9-12)27-22(25)26/h1-6,9H,7-8H2,(H,20,23)(H,21,24). The fourth-order valence-electron chi connectivity index (χ4n) is 2.45. The normalized spacial score (nSPS) is 14.1. The maximum absolute atomic E-state index is 13.8. The van der Waals surface area contributed by atoms with E-state index in [0.29, 0.717) is 18.5 Å². The van der Waals surface area contributed by atoms with Crippen LogP contribution in [0.15, 0.2) is 42.5 Å². The molecule has 2 aromatic rings. The Bertz CT molecular complexity index is 913. The minimum absolute atomic E-state index is 0.0223. The van der Waals surface area contributed by atoms with Gasteiger partial charge in [0.1, 0.15) is 11.2 Å². The zero-order valence-electron chi connectivity index (χ0n) is 13.7. The quantitative estimate of drug-likeness (QED) is 0.457. The highest BCUT2D eigenvalue weighted by Gasteiger charge is 2.56. The molecule has 0 aromatic heterocycles. The second-order valence-electron chi connectivity index (χ2n) is 5.96. The van der Waals surface area contributed by atoms with Crippen LogP contribution in [0.4, 0.5) is 20.2 Å². The van der Waals surface area contributed by atoms with Gasteiger partial charge in [-0.25, -0.2) is 8.78 Å². The van der Waals surface area contributed by atoms with Crippen LogP contribution in [0.2, 0.25) is 0 Å². The summed E-state index contributed by atoms with van der Waals surface area (Å²) < 4.78 is 26.7. The van der Waals surface area contributed by atoms with Crippen molar-refractivity contribution in [2.24, 2.45) is 5.41 Å². The Morgan fingerprint density at radius 1 is 1.00 bits per heavy atom. The highest BCUT2D eigenvalue weighted by molar-refractivity contribution is 6.16. The number of anilines is 2. The van der Waals surface area contributed by atoms with Gasteiger partial charge in [-0.05, 0) is 55.3 Å². The van der Waals surface area contributed by atoms with Gasteiger partial charge >= 0.3 is 0 Å². The molecule has 0 bridgehead atoms. The largest absolute Gasteiger partial charge is 0.325 e. The van der Waals surface area contributed by atoms with E-state index in [2.05, 4.69) is 15.5 Å². The first-order valence-electron chi connectivity index (χ1n) is 7.80. The minimum atomic E-state index is -1.30. The average molecular weight is 377 g/mol. The van der Waals surface area contributed by atoms with Crippen LogP contribution in [0.5, 0.6) is 5.75 Å². The van der Waals surface area contributed by atoms with Gasteiger partial charge in [0.25, 0.3) is 5.09 Å². The van der Waals surface area contributed by atoms with Crippen LogP contribution in [0.3, 0.4) is 0 Å². The molecule has 2 amide bonds. The van der Waals surface area contributed by atoms with E-state index < -0.39 is 39.7 Å². The SMILES string of the molecule is O=C(Nc1ccc(F)cc1)C1(C(=O)Nc2ccc(O[N+](=O)[O-])c(F)c2)CC1. The van der Waals surface area contributed by atoms with Gasteiger partial charge in [0.2, 0.25) is 11.8 Å². The molecular formula is C17H13F2N3O5. The number of halogens is 2. The Labute approximate surface area is 151 Å². The van der Waals surface area contributed by atoms with Gasteiger partial charge in [-0.15, -0.1) is 10.1 Å². The summed E-state index contributed by atoms with van der Waals surface area (Å²) in [6, 6.07) is 8.14. The van der Waals surface area contributed by atoms with Crippen molar-refractivity contribution >= 4 is 23.2 Å². The van der Waals surface area contributed by atoms with E-state index in [4.69, 9.17) is 0 Å².